The van der Waals surface area contributed by atoms with Crippen LogP contribution >= 0.6 is 0 Å². The van der Waals surface area contributed by atoms with E-state index in [4.69, 9.17) is 0 Å². The number of carbonyl (C=O) groups is 1. The van der Waals surface area contributed by atoms with Crippen LogP contribution in [0.25, 0.3) is 0 Å². The molecule has 0 unspecified atom stereocenters. The zero-order valence-electron chi connectivity index (χ0n) is 11.8. The molecule has 0 aromatic heterocycles. The van der Waals surface area contributed by atoms with Gasteiger partial charge in [0.2, 0.25) is 0 Å². The summed E-state index contributed by atoms with van der Waals surface area (Å²) < 4.78 is 0. The molecular formula is C14H19N3O3. The van der Waals surface area contributed by atoms with Crippen molar-refractivity contribution in [2.24, 2.45) is 5.92 Å². The van der Waals surface area contributed by atoms with Gasteiger partial charge in [-0.1, -0.05) is 6.92 Å². The summed E-state index contributed by atoms with van der Waals surface area (Å²) in [5.41, 5.74) is 1.35. The maximum atomic E-state index is 12.1. The Balaban J connectivity index is 2.02. The summed E-state index contributed by atoms with van der Waals surface area (Å²) in [4.78, 5) is 24.2. The number of rotatable bonds is 2. The Morgan fingerprint density at radius 1 is 1.40 bits per heavy atom. The molecule has 0 radical (unpaired) electrons. The van der Waals surface area contributed by atoms with E-state index in [2.05, 4.69) is 12.2 Å². The predicted octanol–water partition coefficient (Wildman–Crippen LogP) is 3.17. The first-order valence-electron chi connectivity index (χ1n) is 6.78. The predicted molar refractivity (Wildman–Crippen MR) is 76.8 cm³/mol. The van der Waals surface area contributed by atoms with Crippen molar-refractivity contribution >= 4 is 17.4 Å². The van der Waals surface area contributed by atoms with Gasteiger partial charge in [-0.05, 0) is 37.3 Å². The molecule has 1 saturated heterocycles. The number of carbonyl (C=O) groups excluding carboxylic acids is 1. The fourth-order valence-electron chi connectivity index (χ4n) is 2.31. The molecule has 0 bridgehead atoms. The van der Waals surface area contributed by atoms with E-state index >= 15 is 0 Å². The minimum atomic E-state index is -0.440. The zero-order chi connectivity index (χ0) is 14.7. The van der Waals surface area contributed by atoms with E-state index in [9.17, 15) is 14.9 Å². The fraction of sp³-hybridized carbons (Fsp3) is 0.500. The topological polar surface area (TPSA) is 75.5 Å². The third-order valence-electron chi connectivity index (χ3n) is 3.73. The number of likely N-dealkylation sites (tertiary alicyclic amines) is 1. The maximum Gasteiger partial charge on any atom is 0.321 e. The minimum absolute atomic E-state index is 0.0345. The van der Waals surface area contributed by atoms with Crippen LogP contribution in [-0.2, 0) is 0 Å². The number of nitrogens with zero attached hydrogens (tertiary/aromatic N) is 2. The molecule has 2 rings (SSSR count). The highest BCUT2D eigenvalue weighted by atomic mass is 16.6. The van der Waals surface area contributed by atoms with Gasteiger partial charge in [0, 0.05) is 30.9 Å². The molecular weight excluding hydrogens is 258 g/mol. The number of nitro benzene ring substituents is 1. The summed E-state index contributed by atoms with van der Waals surface area (Å²) >= 11 is 0. The Morgan fingerprint density at radius 3 is 2.60 bits per heavy atom. The van der Waals surface area contributed by atoms with E-state index in [0.717, 1.165) is 25.9 Å². The lowest BCUT2D eigenvalue weighted by Gasteiger charge is -2.30. The minimum Gasteiger partial charge on any atom is -0.325 e. The number of nitrogens with one attached hydrogen (secondary N) is 1. The monoisotopic (exact) mass is 277 g/mol. The molecule has 1 fully saturated rings. The van der Waals surface area contributed by atoms with Crippen LogP contribution in [0.15, 0.2) is 18.2 Å². The molecule has 0 spiro atoms. The van der Waals surface area contributed by atoms with Crippen LogP contribution in [-0.4, -0.2) is 28.9 Å². The highest BCUT2D eigenvalue weighted by Crippen LogP contribution is 2.22. The van der Waals surface area contributed by atoms with Crippen molar-refractivity contribution in [2.45, 2.75) is 26.7 Å². The first-order valence-corrected chi connectivity index (χ1v) is 6.78. The maximum absolute atomic E-state index is 12.1. The van der Waals surface area contributed by atoms with Gasteiger partial charge in [-0.3, -0.25) is 10.1 Å². The highest BCUT2D eigenvalue weighted by molar-refractivity contribution is 5.90. The van der Waals surface area contributed by atoms with Gasteiger partial charge in [0.1, 0.15) is 0 Å². The summed E-state index contributed by atoms with van der Waals surface area (Å²) in [6.07, 6.45) is 2.04. The van der Waals surface area contributed by atoms with Crippen molar-refractivity contribution in [3.8, 4) is 0 Å². The third kappa shape index (κ3) is 3.26. The van der Waals surface area contributed by atoms with Crippen molar-refractivity contribution in [2.75, 3.05) is 18.4 Å². The number of hydrogen-bond acceptors (Lipinski definition) is 3. The van der Waals surface area contributed by atoms with Gasteiger partial charge in [-0.2, -0.15) is 0 Å². The number of non-ortho nitro benzene ring substituents is 1. The number of hydrogen-bond donors (Lipinski definition) is 1. The molecule has 1 aliphatic rings. The van der Waals surface area contributed by atoms with Gasteiger partial charge in [-0.25, -0.2) is 4.79 Å². The molecule has 0 atom stereocenters. The molecule has 0 aliphatic carbocycles. The lowest BCUT2D eigenvalue weighted by atomic mass is 10.00. The van der Waals surface area contributed by atoms with E-state index < -0.39 is 4.92 Å². The second-order valence-electron chi connectivity index (χ2n) is 5.36. The Hall–Kier alpha value is -2.11. The average Bonchev–Trinajstić information content (AvgIpc) is 2.41. The number of aryl methyl sites for hydroxylation is 1. The molecule has 1 aromatic carbocycles. The summed E-state index contributed by atoms with van der Waals surface area (Å²) in [6, 6.07) is 4.32. The van der Waals surface area contributed by atoms with E-state index in [0.29, 0.717) is 17.2 Å². The highest BCUT2D eigenvalue weighted by Gasteiger charge is 2.20. The Morgan fingerprint density at radius 2 is 2.05 bits per heavy atom. The van der Waals surface area contributed by atoms with Crippen LogP contribution in [0.5, 0.6) is 0 Å². The van der Waals surface area contributed by atoms with Crippen molar-refractivity contribution in [1.29, 1.82) is 0 Å². The first-order chi connectivity index (χ1) is 9.47. The smallest absolute Gasteiger partial charge is 0.321 e. The number of benzene rings is 1. The molecule has 6 nitrogen and oxygen atoms in total. The van der Waals surface area contributed by atoms with Crippen LogP contribution in [0, 0.1) is 23.0 Å². The summed E-state index contributed by atoms with van der Waals surface area (Å²) in [6.45, 7) is 5.47. The van der Waals surface area contributed by atoms with Gasteiger partial charge in [0.15, 0.2) is 0 Å². The van der Waals surface area contributed by atoms with Crippen molar-refractivity contribution in [1.82, 2.24) is 4.90 Å². The summed E-state index contributed by atoms with van der Waals surface area (Å²) in [5.74, 6) is 0.667. The molecule has 108 valence electrons. The van der Waals surface area contributed by atoms with Crippen LogP contribution in [0.2, 0.25) is 0 Å². The number of nitro groups is 1. The van der Waals surface area contributed by atoms with E-state index in [-0.39, 0.29) is 11.7 Å². The second kappa shape index (κ2) is 5.90. The van der Waals surface area contributed by atoms with Crippen LogP contribution in [0.3, 0.4) is 0 Å². The molecule has 20 heavy (non-hydrogen) atoms. The van der Waals surface area contributed by atoms with Crippen molar-refractivity contribution in [3.63, 3.8) is 0 Å². The SMILES string of the molecule is Cc1cc([N+](=O)[O-])ccc1NC(=O)N1CCC(C)CC1. The van der Waals surface area contributed by atoms with Gasteiger partial charge in [0.25, 0.3) is 5.69 Å². The molecule has 1 heterocycles. The van der Waals surface area contributed by atoms with Crippen molar-refractivity contribution in [3.05, 3.63) is 33.9 Å². The quantitative estimate of drug-likeness (QED) is 0.666. The number of urea groups is 1. The molecule has 6 heteroatoms. The van der Waals surface area contributed by atoms with Gasteiger partial charge in [0.05, 0.1) is 4.92 Å². The van der Waals surface area contributed by atoms with Crippen LogP contribution < -0.4 is 5.32 Å². The lowest BCUT2D eigenvalue weighted by molar-refractivity contribution is -0.384. The number of amides is 2. The Kier molecular flexibility index (Phi) is 4.22. The van der Waals surface area contributed by atoms with Gasteiger partial charge < -0.3 is 10.2 Å². The summed E-state index contributed by atoms with van der Waals surface area (Å²) in [7, 11) is 0. The fourth-order valence-corrected chi connectivity index (χ4v) is 2.31. The first kappa shape index (κ1) is 14.3. The zero-order valence-corrected chi connectivity index (χ0v) is 11.8. The number of piperidine rings is 1. The standard InChI is InChI=1S/C14H19N3O3/c1-10-5-7-16(8-6-10)14(18)15-13-4-3-12(17(19)20)9-11(13)2/h3-4,9-10H,5-8H2,1-2H3,(H,15,18). The Bertz CT molecular complexity index is 522. The second-order valence-corrected chi connectivity index (χ2v) is 5.36. The number of anilines is 1. The molecule has 2 amide bonds. The normalized spacial score (nSPS) is 16.0. The molecule has 1 aromatic rings. The largest absolute Gasteiger partial charge is 0.325 e. The van der Waals surface area contributed by atoms with Gasteiger partial charge in [-0.15, -0.1) is 0 Å². The van der Waals surface area contributed by atoms with Crippen molar-refractivity contribution < 1.29 is 9.72 Å². The molecule has 1 N–H and O–H groups in total. The average molecular weight is 277 g/mol. The molecule has 0 saturated carbocycles. The van der Waals surface area contributed by atoms with E-state index in [1.54, 1.807) is 17.9 Å². The lowest BCUT2D eigenvalue weighted by Crippen LogP contribution is -2.40. The third-order valence-corrected chi connectivity index (χ3v) is 3.73. The van der Waals surface area contributed by atoms with Crippen LogP contribution in [0.1, 0.15) is 25.3 Å². The van der Waals surface area contributed by atoms with Crippen LogP contribution in [0.4, 0.5) is 16.2 Å². The Labute approximate surface area is 117 Å². The molecule has 1 aliphatic heterocycles. The summed E-state index contributed by atoms with van der Waals surface area (Å²) in [5, 5.41) is 13.5. The van der Waals surface area contributed by atoms with Gasteiger partial charge >= 0.3 is 6.03 Å². The van der Waals surface area contributed by atoms with E-state index in [1.165, 1.54) is 12.1 Å². The van der Waals surface area contributed by atoms with E-state index in [1.807, 2.05) is 0 Å².